The van der Waals surface area contributed by atoms with Crippen LogP contribution >= 0.6 is 0 Å². The van der Waals surface area contributed by atoms with Crippen LogP contribution < -0.4 is 10.9 Å². The summed E-state index contributed by atoms with van der Waals surface area (Å²) in [7, 11) is 0. The number of nitrogens with zero attached hydrogens (tertiary/aromatic N) is 2. The van der Waals surface area contributed by atoms with Gasteiger partial charge in [0.25, 0.3) is 5.56 Å². The molecular formula is C20H21F3N4O3. The molecule has 2 aromatic heterocycles. The normalized spacial score (nSPS) is 15.5. The summed E-state index contributed by atoms with van der Waals surface area (Å²) in [6, 6.07) is 10.2. The second-order valence-corrected chi connectivity index (χ2v) is 6.91. The number of aromatic nitrogens is 3. The first kappa shape index (κ1) is 21.6. The minimum absolute atomic E-state index is 0.0982. The number of halogens is 3. The molecule has 3 N–H and O–H groups in total. The maximum absolute atomic E-state index is 12.4. The third-order valence-electron chi connectivity index (χ3n) is 4.91. The Kier molecular flexibility index (Phi) is 6.56. The van der Waals surface area contributed by atoms with Gasteiger partial charge in [0.1, 0.15) is 0 Å². The second-order valence-electron chi connectivity index (χ2n) is 6.91. The number of rotatable bonds is 5. The summed E-state index contributed by atoms with van der Waals surface area (Å²) in [6.07, 6.45) is 1.86. The molecule has 0 saturated heterocycles. The Hall–Kier alpha value is -3.14. The van der Waals surface area contributed by atoms with E-state index in [0.29, 0.717) is 6.04 Å². The molecule has 0 bridgehead atoms. The summed E-state index contributed by atoms with van der Waals surface area (Å²) in [5, 5.41) is 19.7. The minimum atomic E-state index is -5.08. The summed E-state index contributed by atoms with van der Waals surface area (Å²) in [5.74, 6) is -2.76. The number of alkyl halides is 3. The van der Waals surface area contributed by atoms with Gasteiger partial charge in [0.05, 0.1) is 6.20 Å². The summed E-state index contributed by atoms with van der Waals surface area (Å²) in [6.45, 7) is 1.64. The number of aryl methyl sites for hydroxylation is 2. The van der Waals surface area contributed by atoms with Gasteiger partial charge in [-0.25, -0.2) is 4.79 Å². The molecule has 0 saturated carbocycles. The molecule has 0 amide bonds. The first-order valence-electron chi connectivity index (χ1n) is 9.41. The van der Waals surface area contributed by atoms with Gasteiger partial charge >= 0.3 is 12.1 Å². The van der Waals surface area contributed by atoms with E-state index in [9.17, 15) is 18.0 Å². The number of aliphatic carboxylic acids is 1. The molecule has 10 heteroatoms. The Balaban J connectivity index is 0.000000318. The van der Waals surface area contributed by atoms with Gasteiger partial charge in [-0.3, -0.25) is 9.89 Å². The van der Waals surface area contributed by atoms with Crippen LogP contribution in [-0.4, -0.2) is 38.6 Å². The standard InChI is InChI=1S/C18H20N4O.C2HF3O2/c23-18-14-5-2-1-4-13(14)8-11-22(18)10-3-9-19-16-6-7-17-15(16)12-20-21-17;3-2(4,5)1(6)7/h1-2,4-5,8,11-12,16,19H,3,6-7,9-10H2,(H,20,21);(H,6,7). The maximum atomic E-state index is 12.4. The van der Waals surface area contributed by atoms with Crippen molar-refractivity contribution >= 4 is 16.7 Å². The second kappa shape index (κ2) is 9.12. The van der Waals surface area contributed by atoms with Crippen LogP contribution in [0.2, 0.25) is 0 Å². The van der Waals surface area contributed by atoms with Crippen molar-refractivity contribution in [3.63, 3.8) is 0 Å². The van der Waals surface area contributed by atoms with Gasteiger partial charge in [-0.2, -0.15) is 18.3 Å². The minimum Gasteiger partial charge on any atom is -0.475 e. The number of hydrogen-bond acceptors (Lipinski definition) is 4. The van der Waals surface area contributed by atoms with Crippen LogP contribution in [0.5, 0.6) is 0 Å². The quantitative estimate of drug-likeness (QED) is 0.549. The van der Waals surface area contributed by atoms with Crippen LogP contribution in [0.15, 0.2) is 47.5 Å². The third kappa shape index (κ3) is 5.07. The molecule has 2 heterocycles. The molecule has 4 rings (SSSR count). The highest BCUT2D eigenvalue weighted by atomic mass is 19.4. The molecule has 7 nitrogen and oxygen atoms in total. The van der Waals surface area contributed by atoms with Gasteiger partial charge in [0, 0.05) is 35.4 Å². The maximum Gasteiger partial charge on any atom is 0.490 e. The smallest absolute Gasteiger partial charge is 0.475 e. The highest BCUT2D eigenvalue weighted by Crippen LogP contribution is 2.28. The fourth-order valence-corrected chi connectivity index (χ4v) is 3.41. The van der Waals surface area contributed by atoms with Crippen molar-refractivity contribution in [1.82, 2.24) is 20.1 Å². The molecule has 0 spiro atoms. The van der Waals surface area contributed by atoms with Gasteiger partial charge in [-0.1, -0.05) is 18.2 Å². The number of pyridine rings is 1. The molecule has 1 aromatic carbocycles. The lowest BCUT2D eigenvalue weighted by Gasteiger charge is -2.13. The SMILES string of the molecule is O=C(O)C(F)(F)F.O=c1c2ccccc2ccn1CCCNC1CCc2[nH]ncc21. The average Bonchev–Trinajstić information content (AvgIpc) is 3.31. The van der Waals surface area contributed by atoms with Gasteiger partial charge in [0.15, 0.2) is 0 Å². The van der Waals surface area contributed by atoms with Crippen LogP contribution in [0.25, 0.3) is 10.8 Å². The van der Waals surface area contributed by atoms with Crippen molar-refractivity contribution in [1.29, 1.82) is 0 Å². The lowest BCUT2D eigenvalue weighted by molar-refractivity contribution is -0.192. The van der Waals surface area contributed by atoms with Crippen molar-refractivity contribution in [3.05, 3.63) is 64.3 Å². The van der Waals surface area contributed by atoms with Crippen molar-refractivity contribution < 1.29 is 23.1 Å². The zero-order valence-corrected chi connectivity index (χ0v) is 15.9. The summed E-state index contributed by atoms with van der Waals surface area (Å²) in [5.41, 5.74) is 2.65. The Morgan fingerprint density at radius 1 is 1.30 bits per heavy atom. The van der Waals surface area contributed by atoms with Crippen molar-refractivity contribution in [2.24, 2.45) is 0 Å². The third-order valence-corrected chi connectivity index (χ3v) is 4.91. The highest BCUT2D eigenvalue weighted by Gasteiger charge is 2.38. The van der Waals surface area contributed by atoms with E-state index in [1.165, 1.54) is 11.3 Å². The monoisotopic (exact) mass is 422 g/mol. The van der Waals surface area contributed by atoms with E-state index >= 15 is 0 Å². The highest BCUT2D eigenvalue weighted by molar-refractivity contribution is 5.81. The van der Waals surface area contributed by atoms with Crippen molar-refractivity contribution in [2.45, 2.75) is 38.0 Å². The van der Waals surface area contributed by atoms with E-state index in [2.05, 4.69) is 15.5 Å². The van der Waals surface area contributed by atoms with Crippen molar-refractivity contribution in [2.75, 3.05) is 6.54 Å². The summed E-state index contributed by atoms with van der Waals surface area (Å²) in [4.78, 5) is 21.3. The molecule has 1 aliphatic carbocycles. The number of nitrogens with one attached hydrogen (secondary N) is 2. The number of H-pyrrole nitrogens is 1. The zero-order chi connectivity index (χ0) is 21.7. The first-order valence-corrected chi connectivity index (χ1v) is 9.41. The van der Waals surface area contributed by atoms with E-state index in [0.717, 1.165) is 43.1 Å². The number of carboxylic acids is 1. The van der Waals surface area contributed by atoms with Gasteiger partial charge in [-0.15, -0.1) is 0 Å². The number of carboxylic acid groups (broad SMARTS) is 1. The van der Waals surface area contributed by atoms with Crippen LogP contribution in [0.1, 0.15) is 30.1 Å². The number of fused-ring (bicyclic) bond motifs is 2. The molecule has 30 heavy (non-hydrogen) atoms. The fourth-order valence-electron chi connectivity index (χ4n) is 3.41. The van der Waals surface area contributed by atoms with Gasteiger partial charge < -0.3 is 15.0 Å². The summed E-state index contributed by atoms with van der Waals surface area (Å²) >= 11 is 0. The number of benzene rings is 1. The molecule has 0 radical (unpaired) electrons. The number of aromatic amines is 1. The molecule has 1 unspecified atom stereocenters. The average molecular weight is 422 g/mol. The van der Waals surface area contributed by atoms with E-state index in [1.807, 2.05) is 47.3 Å². The Labute approximate surface area is 169 Å². The molecular weight excluding hydrogens is 401 g/mol. The Morgan fingerprint density at radius 3 is 2.77 bits per heavy atom. The van der Waals surface area contributed by atoms with Crippen LogP contribution in [-0.2, 0) is 17.8 Å². The Bertz CT molecular complexity index is 1070. The molecule has 1 atom stereocenters. The molecule has 0 fully saturated rings. The lowest BCUT2D eigenvalue weighted by atomic mass is 10.2. The topological polar surface area (TPSA) is 100 Å². The first-order chi connectivity index (χ1) is 14.3. The van der Waals surface area contributed by atoms with E-state index in [-0.39, 0.29) is 5.56 Å². The predicted molar refractivity (Wildman–Crippen MR) is 104 cm³/mol. The fraction of sp³-hybridized carbons (Fsp3) is 0.350. The molecule has 3 aromatic rings. The molecule has 1 aliphatic rings. The number of hydrogen-bond donors (Lipinski definition) is 3. The molecule has 160 valence electrons. The van der Waals surface area contributed by atoms with E-state index in [4.69, 9.17) is 9.90 Å². The van der Waals surface area contributed by atoms with Crippen LogP contribution in [0, 0.1) is 0 Å². The zero-order valence-electron chi connectivity index (χ0n) is 15.9. The molecule has 0 aliphatic heterocycles. The lowest BCUT2D eigenvalue weighted by Crippen LogP contribution is -2.24. The van der Waals surface area contributed by atoms with E-state index in [1.54, 1.807) is 0 Å². The van der Waals surface area contributed by atoms with E-state index < -0.39 is 12.1 Å². The largest absolute Gasteiger partial charge is 0.490 e. The number of carbonyl (C=O) groups is 1. The Morgan fingerprint density at radius 2 is 2.03 bits per heavy atom. The van der Waals surface area contributed by atoms with Crippen LogP contribution in [0.3, 0.4) is 0 Å². The summed E-state index contributed by atoms with van der Waals surface area (Å²) < 4.78 is 33.5. The predicted octanol–water partition coefficient (Wildman–Crippen LogP) is 3.03. The van der Waals surface area contributed by atoms with Gasteiger partial charge in [-0.05, 0) is 43.3 Å². The van der Waals surface area contributed by atoms with Crippen molar-refractivity contribution in [3.8, 4) is 0 Å². The van der Waals surface area contributed by atoms with Crippen LogP contribution in [0.4, 0.5) is 13.2 Å². The van der Waals surface area contributed by atoms with Gasteiger partial charge in [0.2, 0.25) is 0 Å².